The van der Waals surface area contributed by atoms with Crippen LogP contribution >= 0.6 is 0 Å². The van der Waals surface area contributed by atoms with Crippen molar-refractivity contribution in [2.45, 2.75) is 31.7 Å². The van der Waals surface area contributed by atoms with E-state index in [0.29, 0.717) is 6.54 Å². The zero-order valence-corrected chi connectivity index (χ0v) is 11.7. The van der Waals surface area contributed by atoms with Gasteiger partial charge in [0.1, 0.15) is 5.69 Å². The molecular weight excluding hydrogens is 278 g/mol. The molecule has 0 aromatic carbocycles. The maximum Gasteiger partial charge on any atom is 0.307 e. The number of esters is 1. The zero-order chi connectivity index (χ0) is 15.4. The molecule has 1 aliphatic rings. The van der Waals surface area contributed by atoms with Crippen molar-refractivity contribution in [2.24, 2.45) is 0 Å². The molecule has 1 unspecified atom stereocenters. The lowest BCUT2D eigenvalue weighted by Crippen LogP contribution is -2.45. The lowest BCUT2D eigenvalue weighted by molar-refractivity contribution is -0.384. The van der Waals surface area contributed by atoms with Crippen LogP contribution in [0.4, 0.5) is 5.69 Å². The number of nitro groups is 1. The standard InChI is InChI=1S/C13H17N3O5/c1-21-12(17)7-9-4-2-3-5-15(9)13(18)11-6-10(8-14-11)16(19)20/h6,8-9,14H,2-5,7H2,1H3. The van der Waals surface area contributed by atoms with Gasteiger partial charge in [0.25, 0.3) is 11.6 Å². The van der Waals surface area contributed by atoms with E-state index in [4.69, 9.17) is 0 Å². The van der Waals surface area contributed by atoms with Gasteiger partial charge in [-0.1, -0.05) is 0 Å². The second-order valence-corrected chi connectivity index (χ2v) is 4.96. The normalized spacial score (nSPS) is 18.3. The number of likely N-dealkylation sites (tertiary alicyclic amines) is 1. The predicted octanol–water partition coefficient (Wildman–Crippen LogP) is 1.48. The highest BCUT2D eigenvalue weighted by Gasteiger charge is 2.30. The Morgan fingerprint density at radius 1 is 1.52 bits per heavy atom. The van der Waals surface area contributed by atoms with E-state index < -0.39 is 4.92 Å². The van der Waals surface area contributed by atoms with Crippen molar-refractivity contribution in [3.8, 4) is 0 Å². The molecule has 1 N–H and O–H groups in total. The molecule has 0 spiro atoms. The summed E-state index contributed by atoms with van der Waals surface area (Å²) in [6.07, 6.45) is 3.85. The van der Waals surface area contributed by atoms with Crippen LogP contribution in [0.5, 0.6) is 0 Å². The molecule has 1 aliphatic heterocycles. The molecule has 1 fully saturated rings. The minimum atomic E-state index is -0.560. The first kappa shape index (κ1) is 15.0. The first-order valence-corrected chi connectivity index (χ1v) is 6.73. The summed E-state index contributed by atoms with van der Waals surface area (Å²) >= 11 is 0. The molecule has 0 aliphatic carbocycles. The number of ether oxygens (including phenoxy) is 1. The second-order valence-electron chi connectivity index (χ2n) is 4.96. The summed E-state index contributed by atoms with van der Waals surface area (Å²) in [6, 6.07) is 0.993. The number of carbonyl (C=O) groups is 2. The molecule has 114 valence electrons. The van der Waals surface area contributed by atoms with Crippen LogP contribution in [0.3, 0.4) is 0 Å². The number of rotatable bonds is 4. The van der Waals surface area contributed by atoms with Crippen LogP contribution in [0.1, 0.15) is 36.2 Å². The van der Waals surface area contributed by atoms with E-state index in [1.807, 2.05) is 0 Å². The molecule has 1 aromatic heterocycles. The number of carbonyl (C=O) groups excluding carboxylic acids is 2. The van der Waals surface area contributed by atoms with Crippen LogP contribution in [-0.2, 0) is 9.53 Å². The lowest BCUT2D eigenvalue weighted by Gasteiger charge is -2.34. The first-order valence-electron chi connectivity index (χ1n) is 6.73. The highest BCUT2D eigenvalue weighted by Crippen LogP contribution is 2.23. The van der Waals surface area contributed by atoms with Crippen LogP contribution in [0, 0.1) is 10.1 Å². The molecule has 1 aromatic rings. The third-order valence-electron chi connectivity index (χ3n) is 3.63. The molecular formula is C13H17N3O5. The van der Waals surface area contributed by atoms with Crippen LogP contribution < -0.4 is 0 Å². The van der Waals surface area contributed by atoms with Gasteiger partial charge in [0.15, 0.2) is 0 Å². The van der Waals surface area contributed by atoms with Crippen LogP contribution in [0.25, 0.3) is 0 Å². The third-order valence-corrected chi connectivity index (χ3v) is 3.63. The van der Waals surface area contributed by atoms with E-state index in [1.54, 1.807) is 4.90 Å². The van der Waals surface area contributed by atoms with Crippen LogP contribution in [-0.4, -0.2) is 46.4 Å². The number of hydrogen-bond acceptors (Lipinski definition) is 5. The fourth-order valence-corrected chi connectivity index (χ4v) is 2.52. The van der Waals surface area contributed by atoms with Gasteiger partial charge in [-0.25, -0.2) is 0 Å². The highest BCUT2D eigenvalue weighted by molar-refractivity contribution is 5.93. The Morgan fingerprint density at radius 3 is 2.90 bits per heavy atom. The molecule has 0 bridgehead atoms. The minimum Gasteiger partial charge on any atom is -0.469 e. The molecule has 8 heteroatoms. The molecule has 2 rings (SSSR count). The van der Waals surface area contributed by atoms with Gasteiger partial charge < -0.3 is 14.6 Å². The number of aromatic nitrogens is 1. The SMILES string of the molecule is COC(=O)CC1CCCCN1C(=O)c1cc([N+](=O)[O-])c[nH]1. The van der Waals surface area contributed by atoms with Crippen LogP contribution in [0.15, 0.2) is 12.3 Å². The lowest BCUT2D eigenvalue weighted by atomic mass is 9.99. The summed E-state index contributed by atoms with van der Waals surface area (Å²) < 4.78 is 4.65. The largest absolute Gasteiger partial charge is 0.469 e. The Bertz CT molecular complexity index is 554. The van der Waals surface area contributed by atoms with Crippen molar-refractivity contribution in [2.75, 3.05) is 13.7 Å². The number of amides is 1. The van der Waals surface area contributed by atoms with E-state index in [-0.39, 0.29) is 35.7 Å². The number of H-pyrrole nitrogens is 1. The summed E-state index contributed by atoms with van der Waals surface area (Å²) in [5.74, 6) is -0.686. The maximum absolute atomic E-state index is 12.4. The highest BCUT2D eigenvalue weighted by atomic mass is 16.6. The van der Waals surface area contributed by atoms with Crippen LogP contribution in [0.2, 0.25) is 0 Å². The Hall–Kier alpha value is -2.38. The molecule has 0 saturated carbocycles. The number of aromatic amines is 1. The van der Waals surface area contributed by atoms with Gasteiger partial charge >= 0.3 is 5.97 Å². The van der Waals surface area contributed by atoms with Gasteiger partial charge in [0.2, 0.25) is 0 Å². The zero-order valence-electron chi connectivity index (χ0n) is 11.7. The van der Waals surface area contributed by atoms with E-state index in [9.17, 15) is 19.7 Å². The number of nitrogens with one attached hydrogen (secondary N) is 1. The van der Waals surface area contributed by atoms with Gasteiger partial charge in [-0.3, -0.25) is 19.7 Å². The number of methoxy groups -OCH3 is 1. The average Bonchev–Trinajstić information content (AvgIpc) is 2.97. The quantitative estimate of drug-likeness (QED) is 0.514. The predicted molar refractivity (Wildman–Crippen MR) is 72.8 cm³/mol. The monoisotopic (exact) mass is 295 g/mol. The maximum atomic E-state index is 12.4. The third kappa shape index (κ3) is 3.39. The van der Waals surface area contributed by atoms with Crippen molar-refractivity contribution in [1.82, 2.24) is 9.88 Å². The summed E-state index contributed by atoms with van der Waals surface area (Å²) in [7, 11) is 1.31. The molecule has 8 nitrogen and oxygen atoms in total. The molecule has 0 radical (unpaired) electrons. The van der Waals surface area contributed by atoms with Crippen molar-refractivity contribution in [3.63, 3.8) is 0 Å². The fraction of sp³-hybridized carbons (Fsp3) is 0.538. The number of piperidine rings is 1. The topological polar surface area (TPSA) is 106 Å². The summed E-state index contributed by atoms with van der Waals surface area (Å²) in [6.45, 7) is 0.535. The van der Waals surface area contributed by atoms with E-state index in [2.05, 4.69) is 9.72 Å². The molecule has 1 saturated heterocycles. The van der Waals surface area contributed by atoms with Gasteiger partial charge in [-0.05, 0) is 19.3 Å². The van der Waals surface area contributed by atoms with Crippen molar-refractivity contribution in [1.29, 1.82) is 0 Å². The molecule has 2 heterocycles. The smallest absolute Gasteiger partial charge is 0.307 e. The molecule has 21 heavy (non-hydrogen) atoms. The van der Waals surface area contributed by atoms with E-state index >= 15 is 0 Å². The van der Waals surface area contributed by atoms with Gasteiger partial charge in [-0.2, -0.15) is 0 Å². The Morgan fingerprint density at radius 2 is 2.29 bits per heavy atom. The van der Waals surface area contributed by atoms with Crippen molar-refractivity contribution < 1.29 is 19.2 Å². The summed E-state index contributed by atoms with van der Waals surface area (Å²) in [4.78, 5) is 38.2. The average molecular weight is 295 g/mol. The summed E-state index contributed by atoms with van der Waals surface area (Å²) in [5.41, 5.74) is 0.0124. The number of nitrogens with zero attached hydrogens (tertiary/aromatic N) is 2. The van der Waals surface area contributed by atoms with Crippen molar-refractivity contribution in [3.05, 3.63) is 28.1 Å². The molecule has 1 atom stereocenters. The second kappa shape index (κ2) is 6.38. The number of hydrogen-bond donors (Lipinski definition) is 1. The first-order chi connectivity index (χ1) is 10.0. The van der Waals surface area contributed by atoms with E-state index in [1.165, 1.54) is 19.4 Å². The fourth-order valence-electron chi connectivity index (χ4n) is 2.52. The van der Waals surface area contributed by atoms with E-state index in [0.717, 1.165) is 19.3 Å². The Labute approximate surface area is 121 Å². The molecule has 1 amide bonds. The minimum absolute atomic E-state index is 0.144. The van der Waals surface area contributed by atoms with Gasteiger partial charge in [0, 0.05) is 18.7 Å². The Kier molecular flexibility index (Phi) is 4.56. The van der Waals surface area contributed by atoms with Gasteiger partial charge in [-0.15, -0.1) is 0 Å². The Balaban J connectivity index is 2.13. The van der Waals surface area contributed by atoms with Crippen molar-refractivity contribution >= 4 is 17.6 Å². The summed E-state index contributed by atoms with van der Waals surface area (Å²) in [5, 5.41) is 10.7. The van der Waals surface area contributed by atoms with Gasteiger partial charge in [0.05, 0.1) is 24.7 Å².